The molecule has 0 aliphatic heterocycles. The maximum absolute atomic E-state index is 12.1. The molecule has 0 spiro atoms. The van der Waals surface area contributed by atoms with Gasteiger partial charge in [-0.1, -0.05) is 24.3 Å². The minimum absolute atomic E-state index is 0.186. The van der Waals surface area contributed by atoms with E-state index in [2.05, 4.69) is 15.6 Å². The summed E-state index contributed by atoms with van der Waals surface area (Å²) in [5.41, 5.74) is 3.39. The van der Waals surface area contributed by atoms with Crippen molar-refractivity contribution in [2.75, 3.05) is 17.7 Å². The van der Waals surface area contributed by atoms with Crippen LogP contribution in [0.1, 0.15) is 15.9 Å². The maximum Gasteiger partial charge on any atom is 0.256 e. The summed E-state index contributed by atoms with van der Waals surface area (Å²) >= 11 is 0. The molecule has 0 aliphatic carbocycles. The van der Waals surface area contributed by atoms with E-state index in [1.54, 1.807) is 31.5 Å². The molecule has 2 N–H and O–H groups in total. The zero-order chi connectivity index (χ0) is 17.6. The van der Waals surface area contributed by atoms with Crippen molar-refractivity contribution in [3.05, 3.63) is 78.0 Å². The second kappa shape index (κ2) is 7.49. The highest BCUT2D eigenvalue weighted by Crippen LogP contribution is 2.28. The normalized spacial score (nSPS) is 10.2. The summed E-state index contributed by atoms with van der Waals surface area (Å²) < 4.78 is 5.36. The summed E-state index contributed by atoms with van der Waals surface area (Å²) in [4.78, 5) is 16.4. The van der Waals surface area contributed by atoms with E-state index in [4.69, 9.17) is 4.74 Å². The Kier molecular flexibility index (Phi) is 4.95. The van der Waals surface area contributed by atoms with Crippen molar-refractivity contribution in [1.82, 2.24) is 4.98 Å². The number of hydrogen-bond donors (Lipinski definition) is 2. The van der Waals surface area contributed by atoms with Gasteiger partial charge in [-0.25, -0.2) is 4.98 Å². The Hall–Kier alpha value is -3.34. The highest BCUT2D eigenvalue weighted by Gasteiger charge is 2.07. The molecule has 0 atom stereocenters. The molecular formula is C20H19N3O2. The Morgan fingerprint density at radius 2 is 1.84 bits per heavy atom. The fourth-order valence-electron chi connectivity index (χ4n) is 2.39. The van der Waals surface area contributed by atoms with Crippen LogP contribution in [-0.2, 0) is 0 Å². The smallest absolute Gasteiger partial charge is 0.256 e. The van der Waals surface area contributed by atoms with Gasteiger partial charge in [-0.2, -0.15) is 0 Å². The predicted octanol–water partition coefficient (Wildman–Crippen LogP) is 4.39. The number of benzene rings is 2. The van der Waals surface area contributed by atoms with Crippen LogP contribution < -0.4 is 15.4 Å². The van der Waals surface area contributed by atoms with Crippen LogP contribution in [-0.4, -0.2) is 18.0 Å². The second-order valence-electron chi connectivity index (χ2n) is 5.58. The van der Waals surface area contributed by atoms with Gasteiger partial charge in [0.15, 0.2) is 0 Å². The van der Waals surface area contributed by atoms with Crippen LogP contribution in [0.2, 0.25) is 0 Å². The van der Waals surface area contributed by atoms with E-state index >= 15 is 0 Å². The van der Waals surface area contributed by atoms with Crippen molar-refractivity contribution in [2.45, 2.75) is 6.92 Å². The molecular weight excluding hydrogens is 314 g/mol. The first-order valence-corrected chi connectivity index (χ1v) is 7.90. The Morgan fingerprint density at radius 3 is 2.52 bits per heavy atom. The Morgan fingerprint density at radius 1 is 1.04 bits per heavy atom. The monoisotopic (exact) mass is 333 g/mol. The SMILES string of the molecule is COc1ccc(C)cc1Nc1ccc(NC(=O)c2ccccc2)nc1. The third kappa shape index (κ3) is 4.14. The van der Waals surface area contributed by atoms with Crippen LogP contribution in [0, 0.1) is 6.92 Å². The Labute approximate surface area is 146 Å². The maximum atomic E-state index is 12.1. The lowest BCUT2D eigenvalue weighted by atomic mass is 10.2. The number of aryl methyl sites for hydroxylation is 1. The van der Waals surface area contributed by atoms with Crippen molar-refractivity contribution in [3.63, 3.8) is 0 Å². The number of nitrogens with one attached hydrogen (secondary N) is 2. The highest BCUT2D eigenvalue weighted by atomic mass is 16.5. The molecule has 1 heterocycles. The van der Waals surface area contributed by atoms with Crippen molar-refractivity contribution >= 4 is 23.1 Å². The second-order valence-corrected chi connectivity index (χ2v) is 5.58. The Bertz CT molecular complexity index is 862. The molecule has 0 bridgehead atoms. The minimum Gasteiger partial charge on any atom is -0.495 e. The van der Waals surface area contributed by atoms with Gasteiger partial charge < -0.3 is 15.4 Å². The van der Waals surface area contributed by atoms with Gasteiger partial charge in [-0.15, -0.1) is 0 Å². The fraction of sp³-hybridized carbons (Fsp3) is 0.100. The molecule has 5 heteroatoms. The van der Waals surface area contributed by atoms with Crippen molar-refractivity contribution in [2.24, 2.45) is 0 Å². The van der Waals surface area contributed by atoms with Gasteiger partial charge in [0, 0.05) is 5.56 Å². The summed E-state index contributed by atoms with van der Waals surface area (Å²) in [5, 5.41) is 6.05. The first kappa shape index (κ1) is 16.5. The molecule has 0 radical (unpaired) electrons. The van der Waals surface area contributed by atoms with E-state index < -0.39 is 0 Å². The van der Waals surface area contributed by atoms with E-state index in [0.717, 1.165) is 22.7 Å². The molecule has 0 aliphatic rings. The molecule has 126 valence electrons. The quantitative estimate of drug-likeness (QED) is 0.727. The highest BCUT2D eigenvalue weighted by molar-refractivity contribution is 6.03. The van der Waals surface area contributed by atoms with Gasteiger partial charge in [0.2, 0.25) is 0 Å². The summed E-state index contributed by atoms with van der Waals surface area (Å²) in [7, 11) is 1.64. The molecule has 0 unspecified atom stereocenters. The topological polar surface area (TPSA) is 63.2 Å². The third-order valence-electron chi connectivity index (χ3n) is 3.68. The molecule has 1 aromatic heterocycles. The predicted molar refractivity (Wildman–Crippen MR) is 99.6 cm³/mol. The van der Waals surface area contributed by atoms with Crippen LogP contribution in [0.15, 0.2) is 66.9 Å². The number of methoxy groups -OCH3 is 1. The number of anilines is 3. The summed E-state index contributed by atoms with van der Waals surface area (Å²) in [5.74, 6) is 1.07. The van der Waals surface area contributed by atoms with Crippen LogP contribution in [0.5, 0.6) is 5.75 Å². The van der Waals surface area contributed by atoms with Crippen molar-refractivity contribution in [1.29, 1.82) is 0 Å². The fourth-order valence-corrected chi connectivity index (χ4v) is 2.39. The van der Waals surface area contributed by atoms with E-state index in [-0.39, 0.29) is 5.91 Å². The molecule has 1 amide bonds. The Balaban J connectivity index is 1.70. The van der Waals surface area contributed by atoms with Gasteiger partial charge >= 0.3 is 0 Å². The number of carbonyl (C=O) groups excluding carboxylic acids is 1. The van der Waals surface area contributed by atoms with Gasteiger partial charge in [0.05, 0.1) is 24.7 Å². The van der Waals surface area contributed by atoms with Crippen molar-refractivity contribution < 1.29 is 9.53 Å². The molecule has 25 heavy (non-hydrogen) atoms. The molecule has 2 aromatic carbocycles. The number of ether oxygens (including phenoxy) is 1. The first-order valence-electron chi connectivity index (χ1n) is 7.90. The standard InChI is InChI=1S/C20H19N3O2/c1-14-8-10-18(25-2)17(12-14)22-16-9-11-19(21-13-16)23-20(24)15-6-4-3-5-7-15/h3-13,22H,1-2H3,(H,21,23,24). The van der Waals surface area contributed by atoms with Crippen LogP contribution in [0.3, 0.4) is 0 Å². The molecule has 0 fully saturated rings. The van der Waals surface area contributed by atoms with Crippen molar-refractivity contribution in [3.8, 4) is 5.75 Å². The third-order valence-corrected chi connectivity index (χ3v) is 3.68. The van der Waals surface area contributed by atoms with Gasteiger partial charge in [0.1, 0.15) is 11.6 Å². The lowest BCUT2D eigenvalue weighted by molar-refractivity contribution is 0.102. The molecule has 5 nitrogen and oxygen atoms in total. The lowest BCUT2D eigenvalue weighted by Crippen LogP contribution is -2.12. The average molecular weight is 333 g/mol. The lowest BCUT2D eigenvalue weighted by Gasteiger charge is -2.12. The first-order chi connectivity index (χ1) is 12.2. The number of nitrogens with zero attached hydrogens (tertiary/aromatic N) is 1. The van der Waals surface area contributed by atoms with Gasteiger partial charge in [0.25, 0.3) is 5.91 Å². The molecule has 3 rings (SSSR count). The summed E-state index contributed by atoms with van der Waals surface area (Å²) in [6.45, 7) is 2.02. The van der Waals surface area contributed by atoms with E-state index in [9.17, 15) is 4.79 Å². The zero-order valence-electron chi connectivity index (χ0n) is 14.1. The van der Waals surface area contributed by atoms with Crippen LogP contribution in [0.4, 0.5) is 17.2 Å². The average Bonchev–Trinajstić information content (AvgIpc) is 2.64. The summed E-state index contributed by atoms with van der Waals surface area (Å²) in [6, 6.07) is 18.6. The van der Waals surface area contributed by atoms with E-state index in [0.29, 0.717) is 11.4 Å². The van der Waals surface area contributed by atoms with E-state index in [1.807, 2.05) is 49.4 Å². The van der Waals surface area contributed by atoms with Crippen LogP contribution >= 0.6 is 0 Å². The number of pyridine rings is 1. The minimum atomic E-state index is -0.186. The summed E-state index contributed by atoms with van der Waals surface area (Å²) in [6.07, 6.45) is 1.67. The number of rotatable bonds is 5. The largest absolute Gasteiger partial charge is 0.495 e. The molecule has 0 saturated heterocycles. The molecule has 3 aromatic rings. The van der Waals surface area contributed by atoms with Gasteiger partial charge in [-0.05, 0) is 48.9 Å². The molecule has 0 saturated carbocycles. The number of amides is 1. The zero-order valence-corrected chi connectivity index (χ0v) is 14.1. The van der Waals surface area contributed by atoms with E-state index in [1.165, 1.54) is 0 Å². The number of aromatic nitrogens is 1. The number of carbonyl (C=O) groups is 1. The number of hydrogen-bond acceptors (Lipinski definition) is 4. The van der Waals surface area contributed by atoms with Gasteiger partial charge in [-0.3, -0.25) is 4.79 Å². The van der Waals surface area contributed by atoms with Crippen LogP contribution in [0.25, 0.3) is 0 Å².